The molecule has 0 fully saturated rings. The van der Waals surface area contributed by atoms with Crippen LogP contribution in [-0.4, -0.2) is 22.7 Å². The Morgan fingerprint density at radius 1 is 1.52 bits per heavy atom. The molecule has 4 N–H and O–H groups in total. The monoisotopic (exact) mass is 421 g/mol. The van der Waals surface area contributed by atoms with Gasteiger partial charge in [0.25, 0.3) is 0 Å². The van der Waals surface area contributed by atoms with Crippen molar-refractivity contribution in [1.82, 2.24) is 9.97 Å². The van der Waals surface area contributed by atoms with Crippen molar-refractivity contribution in [3.8, 4) is 0 Å². The van der Waals surface area contributed by atoms with E-state index in [0.717, 1.165) is 31.7 Å². The van der Waals surface area contributed by atoms with Gasteiger partial charge in [-0.2, -0.15) is 0 Å². The molecule has 8 heteroatoms. The van der Waals surface area contributed by atoms with Crippen molar-refractivity contribution in [3.05, 3.63) is 68.0 Å². The van der Waals surface area contributed by atoms with Gasteiger partial charge in [-0.15, -0.1) is 11.3 Å². The van der Waals surface area contributed by atoms with Crippen LogP contribution in [0.5, 0.6) is 0 Å². The second-order valence-electron chi connectivity index (χ2n) is 5.48. The molecule has 0 unspecified atom stereocenters. The zero-order valence-electron chi connectivity index (χ0n) is 14.9. The van der Waals surface area contributed by atoms with E-state index in [0.29, 0.717) is 23.2 Å². The van der Waals surface area contributed by atoms with Crippen molar-refractivity contribution < 1.29 is 0 Å². The first kappa shape index (κ1) is 21.0. The van der Waals surface area contributed by atoms with Gasteiger partial charge in [0.2, 0.25) is 0 Å². The number of rotatable bonds is 8. The van der Waals surface area contributed by atoms with Gasteiger partial charge in [0.15, 0.2) is 5.13 Å². The van der Waals surface area contributed by atoms with Crippen molar-refractivity contribution in [2.24, 2.45) is 10.7 Å². The van der Waals surface area contributed by atoms with Crippen LogP contribution < -0.4 is 21.6 Å². The largest absolute Gasteiger partial charge is 0.403 e. The lowest BCUT2D eigenvalue weighted by Crippen LogP contribution is -2.23. The SMILES string of the molecule is C=C/C(=C\N=C/C)CNc1nc(Cl)c(Cc2c[nH]c(=C)/c2=C\C(Cl)=C/N)s1. The highest BCUT2D eigenvalue weighted by Crippen LogP contribution is 2.28. The van der Waals surface area contributed by atoms with Crippen LogP contribution in [0.3, 0.4) is 0 Å². The van der Waals surface area contributed by atoms with Crippen LogP contribution in [0.25, 0.3) is 12.7 Å². The van der Waals surface area contributed by atoms with Crippen molar-refractivity contribution in [3.63, 3.8) is 0 Å². The van der Waals surface area contributed by atoms with Crippen molar-refractivity contribution in [1.29, 1.82) is 0 Å². The number of aromatic amines is 1. The maximum atomic E-state index is 6.33. The maximum Gasteiger partial charge on any atom is 0.184 e. The van der Waals surface area contributed by atoms with E-state index in [2.05, 4.69) is 33.4 Å². The maximum absolute atomic E-state index is 6.33. The van der Waals surface area contributed by atoms with Gasteiger partial charge < -0.3 is 16.0 Å². The minimum Gasteiger partial charge on any atom is -0.403 e. The summed E-state index contributed by atoms with van der Waals surface area (Å²) in [6.07, 6.45) is 10.8. The molecule has 0 aliphatic heterocycles. The summed E-state index contributed by atoms with van der Waals surface area (Å²) in [6.45, 7) is 10.2. The molecule has 2 aromatic rings. The van der Waals surface area contributed by atoms with E-state index in [9.17, 15) is 0 Å². The third kappa shape index (κ3) is 5.85. The summed E-state index contributed by atoms with van der Waals surface area (Å²) >= 11 is 13.9. The molecule has 0 aliphatic rings. The number of nitrogens with two attached hydrogens (primary N) is 1. The minimum absolute atomic E-state index is 0.442. The van der Waals surface area contributed by atoms with Gasteiger partial charge >= 0.3 is 0 Å². The number of aliphatic imine (C=N–C) groups is 1. The zero-order valence-corrected chi connectivity index (χ0v) is 17.3. The van der Waals surface area contributed by atoms with Gasteiger partial charge in [0.05, 0.1) is 9.91 Å². The van der Waals surface area contributed by atoms with Crippen LogP contribution >= 0.6 is 34.5 Å². The molecule has 142 valence electrons. The average Bonchev–Trinajstić information content (AvgIpc) is 3.18. The number of thiazole rings is 1. The number of allylic oxidation sites excluding steroid dienone is 1. The highest BCUT2D eigenvalue weighted by Gasteiger charge is 2.12. The number of hydrogen-bond donors (Lipinski definition) is 3. The van der Waals surface area contributed by atoms with E-state index in [-0.39, 0.29) is 0 Å². The Morgan fingerprint density at radius 3 is 2.96 bits per heavy atom. The summed E-state index contributed by atoms with van der Waals surface area (Å²) < 4.78 is 0. The second-order valence-corrected chi connectivity index (χ2v) is 7.36. The molecular weight excluding hydrogens is 401 g/mol. The van der Waals surface area contributed by atoms with Gasteiger partial charge in [-0.25, -0.2) is 4.98 Å². The Bertz CT molecular complexity index is 998. The Morgan fingerprint density at radius 2 is 2.30 bits per heavy atom. The molecule has 0 saturated heterocycles. The van der Waals surface area contributed by atoms with Crippen LogP contribution in [0.4, 0.5) is 5.13 Å². The molecule has 2 heterocycles. The molecule has 2 aromatic heterocycles. The van der Waals surface area contributed by atoms with Crippen molar-refractivity contribution in [2.75, 3.05) is 11.9 Å². The highest BCUT2D eigenvalue weighted by atomic mass is 35.5. The molecule has 2 rings (SSSR count). The first-order chi connectivity index (χ1) is 13.0. The fraction of sp³-hybridized carbons (Fsp3) is 0.158. The van der Waals surface area contributed by atoms with E-state index in [1.54, 1.807) is 24.6 Å². The number of nitrogens with one attached hydrogen (secondary N) is 2. The molecule has 0 bridgehead atoms. The van der Waals surface area contributed by atoms with Crippen LogP contribution in [0.2, 0.25) is 5.15 Å². The third-order valence-corrected chi connectivity index (χ3v) is 5.30. The van der Waals surface area contributed by atoms with E-state index >= 15 is 0 Å². The summed E-state index contributed by atoms with van der Waals surface area (Å²) in [6, 6.07) is 0. The molecule has 0 aliphatic carbocycles. The summed E-state index contributed by atoms with van der Waals surface area (Å²) in [7, 11) is 0. The molecule has 0 atom stereocenters. The van der Waals surface area contributed by atoms with Gasteiger partial charge in [-0.3, -0.25) is 4.99 Å². The molecule has 0 radical (unpaired) electrons. The summed E-state index contributed by atoms with van der Waals surface area (Å²) in [5.74, 6) is 0. The van der Waals surface area contributed by atoms with Crippen LogP contribution in [0.15, 0.2) is 46.8 Å². The Hall–Kier alpha value is -2.28. The number of aromatic nitrogens is 2. The third-order valence-electron chi connectivity index (χ3n) is 3.63. The molecule has 0 saturated carbocycles. The van der Waals surface area contributed by atoms with Crippen LogP contribution in [0.1, 0.15) is 17.4 Å². The van der Waals surface area contributed by atoms with Gasteiger partial charge in [0.1, 0.15) is 5.15 Å². The number of anilines is 1. The Balaban J connectivity index is 2.20. The molecule has 0 aromatic carbocycles. The number of halogens is 2. The highest BCUT2D eigenvalue weighted by molar-refractivity contribution is 7.16. The van der Waals surface area contributed by atoms with Crippen LogP contribution in [0, 0.1) is 0 Å². The van der Waals surface area contributed by atoms with Gasteiger partial charge in [-0.1, -0.05) is 42.4 Å². The fourth-order valence-electron chi connectivity index (χ4n) is 2.24. The lowest BCUT2D eigenvalue weighted by atomic mass is 10.1. The van der Waals surface area contributed by atoms with Gasteiger partial charge in [-0.05, 0) is 24.1 Å². The van der Waals surface area contributed by atoms with Crippen molar-refractivity contribution in [2.45, 2.75) is 13.3 Å². The number of H-pyrrole nitrogens is 1. The lowest BCUT2D eigenvalue weighted by Gasteiger charge is -2.01. The topological polar surface area (TPSA) is 79.1 Å². The van der Waals surface area contributed by atoms with Gasteiger partial charge in [0, 0.05) is 48.3 Å². The Labute approximate surface area is 172 Å². The predicted octanol–water partition coefficient (Wildman–Crippen LogP) is 3.52. The van der Waals surface area contributed by atoms with E-state index in [1.165, 1.54) is 17.5 Å². The first-order valence-corrected chi connectivity index (χ1v) is 9.68. The number of nitrogens with zero attached hydrogens (tertiary/aromatic N) is 2. The zero-order chi connectivity index (χ0) is 19.8. The smallest absolute Gasteiger partial charge is 0.184 e. The average molecular weight is 422 g/mol. The first-order valence-electron chi connectivity index (χ1n) is 8.11. The molecule has 27 heavy (non-hydrogen) atoms. The van der Waals surface area contributed by atoms with Crippen molar-refractivity contribution >= 4 is 58.5 Å². The lowest BCUT2D eigenvalue weighted by molar-refractivity contribution is 1.19. The molecule has 0 spiro atoms. The quantitative estimate of drug-likeness (QED) is 0.450. The molecule has 5 nitrogen and oxygen atoms in total. The Kier molecular flexibility index (Phi) is 7.91. The molecular formula is C19H21Cl2N5S. The predicted molar refractivity (Wildman–Crippen MR) is 119 cm³/mol. The summed E-state index contributed by atoms with van der Waals surface area (Å²) in [5.41, 5.74) is 7.42. The summed E-state index contributed by atoms with van der Waals surface area (Å²) in [5, 5.41) is 6.56. The standard InChI is InChI=1S/C19H21Cl2N5S/c1-4-13(9-23-5-2)10-25-19-26-18(21)17(27-19)6-14-11-24-12(3)16(14)7-15(20)8-22/h4-5,7-9,11,24H,1,3,6,10,22H2,2H3,(H,25,26)/b13-9+,15-8+,16-7+,23-5-. The number of hydrogen-bond acceptors (Lipinski definition) is 5. The van der Waals surface area contributed by atoms with E-state index in [4.69, 9.17) is 28.9 Å². The minimum atomic E-state index is 0.442. The second kappa shape index (κ2) is 10.2. The molecule has 0 amide bonds. The van der Waals surface area contributed by atoms with E-state index in [1.807, 2.05) is 13.1 Å². The normalized spacial score (nSPS) is 13.5. The van der Waals surface area contributed by atoms with E-state index < -0.39 is 0 Å². The van der Waals surface area contributed by atoms with Crippen LogP contribution in [-0.2, 0) is 6.42 Å². The summed E-state index contributed by atoms with van der Waals surface area (Å²) in [4.78, 5) is 12.5. The fourth-order valence-corrected chi connectivity index (χ4v) is 3.54.